The maximum Gasteiger partial charge on any atom is 0.225 e. The summed E-state index contributed by atoms with van der Waals surface area (Å²) in [4.78, 5) is 13.8. The van der Waals surface area contributed by atoms with Gasteiger partial charge in [-0.15, -0.1) is 0 Å². The number of nitrogens with zero attached hydrogens (tertiary/aromatic N) is 1. The average molecular weight is 214 g/mol. The van der Waals surface area contributed by atoms with Gasteiger partial charge in [-0.3, -0.25) is 4.79 Å². The maximum absolute atomic E-state index is 11.7. The third-order valence-corrected chi connectivity index (χ3v) is 2.59. The molecule has 3 nitrogen and oxygen atoms in total. The molecule has 0 radical (unpaired) electrons. The maximum atomic E-state index is 11.7. The highest BCUT2D eigenvalue weighted by atomic mass is 16.2. The van der Waals surface area contributed by atoms with Gasteiger partial charge >= 0.3 is 0 Å². The Bertz CT molecular complexity index is 196. The molecule has 1 amide bonds. The van der Waals surface area contributed by atoms with Crippen molar-refractivity contribution in [2.45, 2.75) is 40.7 Å². The van der Waals surface area contributed by atoms with Gasteiger partial charge in [0.1, 0.15) is 0 Å². The summed E-state index contributed by atoms with van der Waals surface area (Å²) in [6.45, 7) is 10.9. The molecular weight excluding hydrogens is 188 g/mol. The van der Waals surface area contributed by atoms with Gasteiger partial charge in [-0.05, 0) is 20.0 Å². The summed E-state index contributed by atoms with van der Waals surface area (Å²) in [5.74, 6) is 0.662. The average Bonchev–Trinajstić information content (AvgIpc) is 2.00. The van der Waals surface area contributed by atoms with E-state index >= 15 is 0 Å². The van der Waals surface area contributed by atoms with Crippen molar-refractivity contribution in [3.63, 3.8) is 0 Å². The molecule has 0 aliphatic rings. The lowest BCUT2D eigenvalue weighted by atomic mass is 9.95. The van der Waals surface area contributed by atoms with Gasteiger partial charge < -0.3 is 10.2 Å². The molecule has 0 bridgehead atoms. The van der Waals surface area contributed by atoms with E-state index in [1.165, 1.54) is 0 Å². The van der Waals surface area contributed by atoms with E-state index in [0.717, 1.165) is 6.54 Å². The fraction of sp³-hybridized carbons (Fsp3) is 0.917. The van der Waals surface area contributed by atoms with Crippen LogP contribution >= 0.6 is 0 Å². The number of rotatable bonds is 4. The molecule has 0 saturated heterocycles. The Hall–Kier alpha value is -0.570. The first kappa shape index (κ1) is 14.4. The summed E-state index contributed by atoms with van der Waals surface area (Å²) >= 11 is 0. The normalized spacial score (nSPS) is 14.5. The second kappa shape index (κ2) is 5.50. The van der Waals surface area contributed by atoms with Crippen molar-refractivity contribution in [1.82, 2.24) is 10.2 Å². The number of carbonyl (C=O) groups excluding carboxylic acids is 1. The van der Waals surface area contributed by atoms with Crippen LogP contribution in [0.1, 0.15) is 34.6 Å². The highest BCUT2D eigenvalue weighted by molar-refractivity contribution is 5.81. The Morgan fingerprint density at radius 1 is 1.27 bits per heavy atom. The van der Waals surface area contributed by atoms with Crippen LogP contribution in [0.2, 0.25) is 0 Å². The lowest BCUT2D eigenvalue weighted by molar-refractivity contribution is -0.128. The van der Waals surface area contributed by atoms with Crippen LogP contribution in [-0.4, -0.2) is 37.5 Å². The molecule has 0 spiro atoms. The van der Waals surface area contributed by atoms with Crippen molar-refractivity contribution >= 4 is 5.91 Å². The molecule has 15 heavy (non-hydrogen) atoms. The zero-order valence-electron chi connectivity index (χ0n) is 11.2. The fourth-order valence-corrected chi connectivity index (χ4v) is 1.48. The molecule has 0 rings (SSSR count). The van der Waals surface area contributed by atoms with Gasteiger partial charge in [-0.1, -0.05) is 34.6 Å². The van der Waals surface area contributed by atoms with Crippen LogP contribution in [0.5, 0.6) is 0 Å². The fourth-order valence-electron chi connectivity index (χ4n) is 1.48. The van der Waals surface area contributed by atoms with E-state index in [4.69, 9.17) is 0 Å². The largest absolute Gasteiger partial charge is 0.354 e. The molecule has 3 heteroatoms. The molecule has 0 fully saturated rings. The second-order valence-corrected chi connectivity index (χ2v) is 5.74. The zero-order valence-corrected chi connectivity index (χ0v) is 11.2. The molecule has 0 aromatic rings. The highest BCUT2D eigenvalue weighted by Crippen LogP contribution is 2.13. The van der Waals surface area contributed by atoms with Crippen molar-refractivity contribution in [1.29, 1.82) is 0 Å². The molecular formula is C12H26N2O. The third-order valence-electron chi connectivity index (χ3n) is 2.59. The minimum Gasteiger partial charge on any atom is -0.354 e. The van der Waals surface area contributed by atoms with E-state index in [-0.39, 0.29) is 11.3 Å². The van der Waals surface area contributed by atoms with E-state index in [0.29, 0.717) is 12.0 Å². The Balaban J connectivity index is 4.18. The molecule has 90 valence electrons. The first-order chi connectivity index (χ1) is 6.66. The summed E-state index contributed by atoms with van der Waals surface area (Å²) in [5.41, 5.74) is -0.298. The molecule has 0 aliphatic carbocycles. The van der Waals surface area contributed by atoms with Crippen molar-refractivity contribution < 1.29 is 4.79 Å². The van der Waals surface area contributed by atoms with E-state index < -0.39 is 0 Å². The van der Waals surface area contributed by atoms with E-state index in [2.05, 4.69) is 24.1 Å². The van der Waals surface area contributed by atoms with Gasteiger partial charge in [0.15, 0.2) is 0 Å². The molecule has 0 saturated carbocycles. The molecule has 1 N–H and O–H groups in total. The lowest BCUT2D eigenvalue weighted by Gasteiger charge is -2.29. The molecule has 0 heterocycles. The predicted octanol–water partition coefficient (Wildman–Crippen LogP) is 1.73. The van der Waals surface area contributed by atoms with Crippen molar-refractivity contribution in [3.8, 4) is 0 Å². The smallest absolute Gasteiger partial charge is 0.225 e. The van der Waals surface area contributed by atoms with Crippen LogP contribution in [0.3, 0.4) is 0 Å². The minimum absolute atomic E-state index is 0.120. The SMILES string of the molecule is CC(C)C(CNC(=O)C(C)(C)C)N(C)C. The first-order valence-electron chi connectivity index (χ1n) is 5.61. The minimum atomic E-state index is -0.298. The Kier molecular flexibility index (Phi) is 5.29. The third kappa shape index (κ3) is 5.17. The lowest BCUT2D eigenvalue weighted by Crippen LogP contribution is -2.46. The number of hydrogen-bond donors (Lipinski definition) is 1. The summed E-state index contributed by atoms with van der Waals surface area (Å²) in [7, 11) is 4.10. The predicted molar refractivity (Wildman–Crippen MR) is 64.8 cm³/mol. The molecule has 0 aromatic carbocycles. The summed E-state index contributed by atoms with van der Waals surface area (Å²) < 4.78 is 0. The van der Waals surface area contributed by atoms with E-state index in [1.54, 1.807) is 0 Å². The van der Waals surface area contributed by atoms with Crippen LogP contribution < -0.4 is 5.32 Å². The zero-order chi connectivity index (χ0) is 12.2. The number of carbonyl (C=O) groups is 1. The Labute approximate surface area is 94.2 Å². The quantitative estimate of drug-likeness (QED) is 0.773. The van der Waals surface area contributed by atoms with E-state index in [9.17, 15) is 4.79 Å². The van der Waals surface area contributed by atoms with Gasteiger partial charge in [-0.25, -0.2) is 0 Å². The molecule has 1 atom stereocenters. The number of hydrogen-bond acceptors (Lipinski definition) is 2. The number of likely N-dealkylation sites (N-methyl/N-ethyl adjacent to an activating group) is 1. The van der Waals surface area contributed by atoms with Crippen molar-refractivity contribution in [2.24, 2.45) is 11.3 Å². The summed E-state index contributed by atoms with van der Waals surface area (Å²) in [6, 6.07) is 0.399. The molecule has 0 aliphatic heterocycles. The second-order valence-electron chi connectivity index (χ2n) is 5.74. The van der Waals surface area contributed by atoms with Gasteiger partial charge in [0.05, 0.1) is 0 Å². The summed E-state index contributed by atoms with van der Waals surface area (Å²) in [5, 5.41) is 3.00. The van der Waals surface area contributed by atoms with Crippen molar-refractivity contribution in [3.05, 3.63) is 0 Å². The molecule has 0 aromatic heterocycles. The van der Waals surface area contributed by atoms with Gasteiger partial charge in [0, 0.05) is 18.0 Å². The van der Waals surface area contributed by atoms with Crippen LogP contribution in [0, 0.1) is 11.3 Å². The first-order valence-corrected chi connectivity index (χ1v) is 5.61. The van der Waals surface area contributed by atoms with Crippen molar-refractivity contribution in [2.75, 3.05) is 20.6 Å². The number of amides is 1. The monoisotopic (exact) mass is 214 g/mol. The van der Waals surface area contributed by atoms with Crippen LogP contribution in [-0.2, 0) is 4.79 Å². The van der Waals surface area contributed by atoms with Crippen LogP contribution in [0.15, 0.2) is 0 Å². The Morgan fingerprint density at radius 2 is 1.73 bits per heavy atom. The Morgan fingerprint density at radius 3 is 2.00 bits per heavy atom. The van der Waals surface area contributed by atoms with Crippen LogP contribution in [0.4, 0.5) is 0 Å². The topological polar surface area (TPSA) is 32.3 Å². The van der Waals surface area contributed by atoms with Crippen LogP contribution in [0.25, 0.3) is 0 Å². The van der Waals surface area contributed by atoms with Gasteiger partial charge in [0.2, 0.25) is 5.91 Å². The van der Waals surface area contributed by atoms with Gasteiger partial charge in [-0.2, -0.15) is 0 Å². The van der Waals surface area contributed by atoms with E-state index in [1.807, 2.05) is 34.9 Å². The summed E-state index contributed by atoms with van der Waals surface area (Å²) in [6.07, 6.45) is 0. The van der Waals surface area contributed by atoms with Gasteiger partial charge in [0.25, 0.3) is 0 Å². The molecule has 1 unspecified atom stereocenters. The number of nitrogens with one attached hydrogen (secondary N) is 1. The highest BCUT2D eigenvalue weighted by Gasteiger charge is 2.23. The standard InChI is InChI=1S/C12H26N2O/c1-9(2)10(14(6)7)8-13-11(15)12(3,4)5/h9-10H,8H2,1-7H3,(H,13,15).